The zero-order valence-electron chi connectivity index (χ0n) is 6.43. The lowest BCUT2D eigenvalue weighted by Crippen LogP contribution is -2.04. The third kappa shape index (κ3) is 7.70. The molecule has 0 amide bonds. The van der Waals surface area contributed by atoms with Crippen molar-refractivity contribution in [2.24, 2.45) is 0 Å². The smallest absolute Gasteiger partial charge is 0.0314 e. The topological polar surface area (TPSA) is 14.1 Å². The van der Waals surface area contributed by atoms with Gasteiger partial charge in [-0.25, -0.2) is 5.32 Å². The number of hydrogen-bond acceptors (Lipinski definition) is 0. The average Bonchev–Trinajstić information content (AvgIpc) is 1.89. The molecule has 0 atom stereocenters. The zero-order valence-corrected chi connectivity index (χ0v) is 6.43. The largest absolute Gasteiger partial charge is 0.238 e. The molecule has 0 bridgehead atoms. The Balaban J connectivity index is 2.82. The van der Waals surface area contributed by atoms with E-state index in [4.69, 9.17) is 0 Å². The molecule has 0 N–H and O–H groups in total. The molecule has 53 valence electrons. The van der Waals surface area contributed by atoms with Crippen LogP contribution in [0.25, 0.3) is 0 Å². The van der Waals surface area contributed by atoms with Gasteiger partial charge in [-0.05, 0) is 12.8 Å². The van der Waals surface area contributed by atoms with Crippen molar-refractivity contribution in [2.45, 2.75) is 26.7 Å². The van der Waals surface area contributed by atoms with Gasteiger partial charge in [0, 0.05) is 13.1 Å². The molecule has 0 saturated carbocycles. The van der Waals surface area contributed by atoms with E-state index < -0.39 is 0 Å². The van der Waals surface area contributed by atoms with Gasteiger partial charge in [-0.3, -0.25) is 0 Å². The number of allylic oxidation sites excluding steroid dienone is 1. The highest BCUT2D eigenvalue weighted by molar-refractivity contribution is 4.81. The van der Waals surface area contributed by atoms with Gasteiger partial charge in [0.15, 0.2) is 0 Å². The molecule has 0 fully saturated rings. The SMILES string of the molecule is CCC=CC[N]CCC. The monoisotopic (exact) mass is 126 g/mol. The van der Waals surface area contributed by atoms with Gasteiger partial charge in [0.05, 0.1) is 0 Å². The quantitative estimate of drug-likeness (QED) is 0.395. The molecule has 1 radical (unpaired) electrons. The van der Waals surface area contributed by atoms with Crippen molar-refractivity contribution < 1.29 is 0 Å². The van der Waals surface area contributed by atoms with Gasteiger partial charge in [-0.2, -0.15) is 0 Å². The van der Waals surface area contributed by atoms with Crippen LogP contribution in [0.4, 0.5) is 0 Å². The summed E-state index contributed by atoms with van der Waals surface area (Å²) in [6.45, 7) is 6.19. The minimum atomic E-state index is 0.904. The summed E-state index contributed by atoms with van der Waals surface area (Å²) in [6, 6.07) is 0. The molecule has 0 rings (SSSR count). The summed E-state index contributed by atoms with van der Waals surface area (Å²) in [5, 5.41) is 4.24. The summed E-state index contributed by atoms with van der Waals surface area (Å²) in [6.07, 6.45) is 6.57. The Kier molecular flexibility index (Phi) is 7.44. The summed E-state index contributed by atoms with van der Waals surface area (Å²) in [7, 11) is 0. The van der Waals surface area contributed by atoms with Gasteiger partial charge in [-0.1, -0.05) is 26.0 Å². The minimum Gasteiger partial charge on any atom is -0.238 e. The van der Waals surface area contributed by atoms with E-state index in [2.05, 4.69) is 31.3 Å². The Morgan fingerprint density at radius 2 is 2.00 bits per heavy atom. The van der Waals surface area contributed by atoms with Crippen LogP contribution >= 0.6 is 0 Å². The van der Waals surface area contributed by atoms with Crippen molar-refractivity contribution >= 4 is 0 Å². The van der Waals surface area contributed by atoms with Crippen molar-refractivity contribution in [1.29, 1.82) is 0 Å². The average molecular weight is 126 g/mol. The normalized spacial score (nSPS) is 10.9. The van der Waals surface area contributed by atoms with Crippen LogP contribution in [0.1, 0.15) is 26.7 Å². The maximum absolute atomic E-state index is 4.24. The van der Waals surface area contributed by atoms with Gasteiger partial charge >= 0.3 is 0 Å². The van der Waals surface area contributed by atoms with E-state index in [-0.39, 0.29) is 0 Å². The highest BCUT2D eigenvalue weighted by atomic mass is 14.8. The number of rotatable bonds is 5. The molecule has 0 spiro atoms. The number of hydrogen-bond donors (Lipinski definition) is 0. The molecule has 9 heavy (non-hydrogen) atoms. The predicted molar refractivity (Wildman–Crippen MR) is 41.6 cm³/mol. The van der Waals surface area contributed by atoms with Crippen LogP contribution in [0.15, 0.2) is 12.2 Å². The van der Waals surface area contributed by atoms with Gasteiger partial charge in [-0.15, -0.1) is 0 Å². The first-order chi connectivity index (χ1) is 4.41. The summed E-state index contributed by atoms with van der Waals surface area (Å²) < 4.78 is 0. The van der Waals surface area contributed by atoms with E-state index in [1.807, 2.05) is 0 Å². The summed E-state index contributed by atoms with van der Waals surface area (Å²) in [5.74, 6) is 0. The minimum absolute atomic E-state index is 0.904. The maximum atomic E-state index is 4.24. The highest BCUT2D eigenvalue weighted by Crippen LogP contribution is 1.78. The first-order valence-electron chi connectivity index (χ1n) is 3.70. The van der Waals surface area contributed by atoms with Crippen molar-refractivity contribution in [3.8, 4) is 0 Å². The van der Waals surface area contributed by atoms with Gasteiger partial charge < -0.3 is 0 Å². The first-order valence-corrected chi connectivity index (χ1v) is 3.70. The Morgan fingerprint density at radius 1 is 1.22 bits per heavy atom. The van der Waals surface area contributed by atoms with E-state index in [1.165, 1.54) is 6.42 Å². The molecule has 0 unspecified atom stereocenters. The fourth-order valence-corrected chi connectivity index (χ4v) is 0.565. The lowest BCUT2D eigenvalue weighted by molar-refractivity contribution is 0.714. The van der Waals surface area contributed by atoms with Gasteiger partial charge in [0.25, 0.3) is 0 Å². The van der Waals surface area contributed by atoms with Gasteiger partial charge in [0.1, 0.15) is 0 Å². The number of nitrogens with zero attached hydrogens (tertiary/aromatic N) is 1. The van der Waals surface area contributed by atoms with E-state index in [9.17, 15) is 0 Å². The third-order valence-corrected chi connectivity index (χ3v) is 1.02. The molecule has 0 heterocycles. The van der Waals surface area contributed by atoms with Crippen molar-refractivity contribution in [3.63, 3.8) is 0 Å². The van der Waals surface area contributed by atoms with Crippen molar-refractivity contribution in [1.82, 2.24) is 5.32 Å². The second kappa shape index (κ2) is 7.70. The first kappa shape index (κ1) is 8.70. The predicted octanol–water partition coefficient (Wildman–Crippen LogP) is 1.97. The lowest BCUT2D eigenvalue weighted by Gasteiger charge is -1.91. The molecule has 0 aliphatic rings. The van der Waals surface area contributed by atoms with Crippen LogP contribution in [-0.4, -0.2) is 13.1 Å². The fraction of sp³-hybridized carbons (Fsp3) is 0.750. The third-order valence-electron chi connectivity index (χ3n) is 1.02. The highest BCUT2D eigenvalue weighted by Gasteiger charge is 1.78. The van der Waals surface area contributed by atoms with Crippen molar-refractivity contribution in [3.05, 3.63) is 12.2 Å². The summed E-state index contributed by atoms with van der Waals surface area (Å²) in [5.41, 5.74) is 0. The van der Waals surface area contributed by atoms with Crippen LogP contribution in [0, 0.1) is 0 Å². The van der Waals surface area contributed by atoms with Crippen LogP contribution < -0.4 is 5.32 Å². The molecule has 1 nitrogen and oxygen atoms in total. The molecular weight excluding hydrogens is 110 g/mol. The van der Waals surface area contributed by atoms with Crippen molar-refractivity contribution in [2.75, 3.05) is 13.1 Å². The zero-order chi connectivity index (χ0) is 6.95. The van der Waals surface area contributed by atoms with E-state index in [0.717, 1.165) is 19.5 Å². The van der Waals surface area contributed by atoms with Gasteiger partial charge in [0.2, 0.25) is 0 Å². The molecule has 0 aliphatic carbocycles. The Labute approximate surface area is 58.2 Å². The van der Waals surface area contributed by atoms with Crippen LogP contribution in [0.2, 0.25) is 0 Å². The Hall–Kier alpha value is -0.300. The van der Waals surface area contributed by atoms with Crippen LogP contribution in [-0.2, 0) is 0 Å². The standard InChI is InChI=1S/C8H16N/c1-3-5-6-8-9-7-4-2/h5-6H,3-4,7-8H2,1-2H3. The van der Waals surface area contributed by atoms with E-state index in [0.29, 0.717) is 0 Å². The maximum Gasteiger partial charge on any atom is 0.0314 e. The molecule has 0 saturated heterocycles. The van der Waals surface area contributed by atoms with Crippen LogP contribution in [0.3, 0.4) is 0 Å². The Bertz CT molecular complexity index is 67.0. The second-order valence-electron chi connectivity index (χ2n) is 2.01. The summed E-state index contributed by atoms with van der Waals surface area (Å²) in [4.78, 5) is 0. The molecule has 0 aliphatic heterocycles. The van der Waals surface area contributed by atoms with E-state index in [1.54, 1.807) is 0 Å². The Morgan fingerprint density at radius 3 is 2.56 bits per heavy atom. The molecular formula is C8H16N. The molecule has 1 heteroatoms. The van der Waals surface area contributed by atoms with E-state index >= 15 is 0 Å². The second-order valence-corrected chi connectivity index (χ2v) is 2.01. The molecule has 0 aromatic rings. The molecule has 0 aromatic carbocycles. The molecule has 0 aromatic heterocycles. The summed E-state index contributed by atoms with van der Waals surface area (Å²) >= 11 is 0. The fourth-order valence-electron chi connectivity index (χ4n) is 0.565. The van der Waals surface area contributed by atoms with Crippen LogP contribution in [0.5, 0.6) is 0 Å². The lowest BCUT2D eigenvalue weighted by atomic mass is 10.4.